The zero-order valence-corrected chi connectivity index (χ0v) is 9.90. The van der Waals surface area contributed by atoms with Crippen LogP contribution in [0.15, 0.2) is 24.3 Å². The second-order valence-corrected chi connectivity index (χ2v) is 4.75. The van der Waals surface area contributed by atoms with Crippen LogP contribution in [0.3, 0.4) is 0 Å². The Morgan fingerprint density at radius 2 is 1.94 bits per heavy atom. The van der Waals surface area contributed by atoms with Crippen molar-refractivity contribution in [3.05, 3.63) is 29.8 Å². The van der Waals surface area contributed by atoms with Crippen molar-refractivity contribution in [2.75, 3.05) is 0 Å². The van der Waals surface area contributed by atoms with Crippen molar-refractivity contribution in [2.45, 2.75) is 32.6 Å². The monoisotopic (exact) mass is 222 g/mol. The molecule has 3 heteroatoms. The van der Waals surface area contributed by atoms with E-state index in [4.69, 9.17) is 0 Å². The fraction of sp³-hybridized carbons (Fsp3) is 0.462. The Balaban J connectivity index is 3.22. The summed E-state index contributed by atoms with van der Waals surface area (Å²) in [7, 11) is 0. The van der Waals surface area contributed by atoms with Crippen molar-refractivity contribution in [1.82, 2.24) is 0 Å². The molecule has 16 heavy (non-hydrogen) atoms. The van der Waals surface area contributed by atoms with E-state index in [-0.39, 0.29) is 11.7 Å². The standard InChI is InChI=1S/C13H18O3/c1-9(2)8-13(3,12(15)16)10-6-4-5-7-11(10)14/h4-7,9,14H,8H2,1-3H3,(H,15,16). The van der Waals surface area contributed by atoms with Crippen LogP contribution in [0, 0.1) is 5.92 Å². The minimum atomic E-state index is -1.03. The summed E-state index contributed by atoms with van der Waals surface area (Å²) in [6.07, 6.45) is 0.500. The predicted octanol–water partition coefficient (Wildman–Crippen LogP) is 2.78. The van der Waals surface area contributed by atoms with E-state index < -0.39 is 11.4 Å². The Hall–Kier alpha value is -1.51. The SMILES string of the molecule is CC(C)CC(C)(C(=O)O)c1ccccc1O. The summed E-state index contributed by atoms with van der Waals surface area (Å²) in [5, 5.41) is 19.1. The van der Waals surface area contributed by atoms with E-state index in [0.717, 1.165) is 0 Å². The van der Waals surface area contributed by atoms with Crippen molar-refractivity contribution < 1.29 is 15.0 Å². The Morgan fingerprint density at radius 1 is 1.38 bits per heavy atom. The molecule has 0 aliphatic heterocycles. The third kappa shape index (κ3) is 2.35. The summed E-state index contributed by atoms with van der Waals surface area (Å²) >= 11 is 0. The summed E-state index contributed by atoms with van der Waals surface area (Å²) < 4.78 is 0. The molecule has 0 saturated heterocycles. The zero-order valence-electron chi connectivity index (χ0n) is 9.90. The molecule has 0 radical (unpaired) electrons. The molecule has 3 nitrogen and oxygen atoms in total. The molecule has 0 fully saturated rings. The van der Waals surface area contributed by atoms with Crippen molar-refractivity contribution in [3.8, 4) is 5.75 Å². The predicted molar refractivity (Wildman–Crippen MR) is 62.5 cm³/mol. The van der Waals surface area contributed by atoms with E-state index in [1.807, 2.05) is 13.8 Å². The fourth-order valence-corrected chi connectivity index (χ4v) is 2.07. The van der Waals surface area contributed by atoms with Gasteiger partial charge in [0.1, 0.15) is 5.75 Å². The highest BCUT2D eigenvalue weighted by molar-refractivity contribution is 5.81. The lowest BCUT2D eigenvalue weighted by Gasteiger charge is -2.27. The van der Waals surface area contributed by atoms with Crippen LogP contribution in [-0.4, -0.2) is 16.2 Å². The van der Waals surface area contributed by atoms with Crippen molar-refractivity contribution >= 4 is 5.97 Å². The maximum atomic E-state index is 11.4. The molecule has 1 aromatic rings. The lowest BCUT2D eigenvalue weighted by Crippen LogP contribution is -2.34. The molecule has 0 saturated carbocycles. The molecular formula is C13H18O3. The molecular weight excluding hydrogens is 204 g/mol. The third-order valence-corrected chi connectivity index (χ3v) is 2.79. The Labute approximate surface area is 95.7 Å². The van der Waals surface area contributed by atoms with Gasteiger partial charge in [0, 0.05) is 5.56 Å². The molecule has 2 N–H and O–H groups in total. The molecule has 0 aromatic heterocycles. The molecule has 0 amide bonds. The minimum absolute atomic E-state index is 0.0491. The number of hydrogen-bond donors (Lipinski definition) is 2. The number of hydrogen-bond acceptors (Lipinski definition) is 2. The van der Waals surface area contributed by atoms with Gasteiger partial charge in [0.2, 0.25) is 0 Å². The van der Waals surface area contributed by atoms with Crippen LogP contribution in [0.2, 0.25) is 0 Å². The molecule has 1 unspecified atom stereocenters. The van der Waals surface area contributed by atoms with Gasteiger partial charge in [-0.3, -0.25) is 4.79 Å². The number of benzene rings is 1. The number of rotatable bonds is 4. The Kier molecular flexibility index (Phi) is 3.58. The molecule has 0 aliphatic rings. The van der Waals surface area contributed by atoms with Gasteiger partial charge in [-0.1, -0.05) is 32.0 Å². The summed E-state index contributed by atoms with van der Waals surface area (Å²) in [5.74, 6) is -0.601. The number of para-hydroxylation sites is 1. The van der Waals surface area contributed by atoms with E-state index in [1.165, 1.54) is 6.07 Å². The molecule has 0 aliphatic carbocycles. The Bertz CT molecular complexity index is 385. The fourth-order valence-electron chi connectivity index (χ4n) is 2.07. The van der Waals surface area contributed by atoms with Crippen LogP contribution >= 0.6 is 0 Å². The van der Waals surface area contributed by atoms with Gasteiger partial charge in [-0.2, -0.15) is 0 Å². The minimum Gasteiger partial charge on any atom is -0.508 e. The van der Waals surface area contributed by atoms with Gasteiger partial charge in [-0.15, -0.1) is 0 Å². The summed E-state index contributed by atoms with van der Waals surface area (Å²) in [6.45, 7) is 5.60. The van der Waals surface area contributed by atoms with Gasteiger partial charge >= 0.3 is 5.97 Å². The number of carboxylic acid groups (broad SMARTS) is 1. The van der Waals surface area contributed by atoms with Crippen molar-refractivity contribution in [1.29, 1.82) is 0 Å². The molecule has 88 valence electrons. The molecule has 0 bridgehead atoms. The molecule has 1 aromatic carbocycles. The van der Waals surface area contributed by atoms with E-state index in [0.29, 0.717) is 12.0 Å². The second-order valence-electron chi connectivity index (χ2n) is 4.75. The van der Waals surface area contributed by atoms with E-state index in [2.05, 4.69) is 0 Å². The number of aliphatic carboxylic acids is 1. The number of aromatic hydroxyl groups is 1. The quantitative estimate of drug-likeness (QED) is 0.823. The van der Waals surface area contributed by atoms with Gasteiger partial charge < -0.3 is 10.2 Å². The lowest BCUT2D eigenvalue weighted by atomic mass is 9.76. The average Bonchev–Trinajstić information content (AvgIpc) is 2.16. The summed E-state index contributed by atoms with van der Waals surface area (Å²) in [4.78, 5) is 11.4. The summed E-state index contributed by atoms with van der Waals surface area (Å²) in [5.41, 5.74) is -0.546. The smallest absolute Gasteiger partial charge is 0.313 e. The highest BCUT2D eigenvalue weighted by atomic mass is 16.4. The normalized spacial score (nSPS) is 14.8. The van der Waals surface area contributed by atoms with Gasteiger partial charge in [-0.05, 0) is 25.3 Å². The highest BCUT2D eigenvalue weighted by Crippen LogP contribution is 2.36. The first kappa shape index (κ1) is 12.6. The zero-order chi connectivity index (χ0) is 12.3. The molecule has 1 atom stereocenters. The first-order valence-electron chi connectivity index (χ1n) is 5.40. The maximum Gasteiger partial charge on any atom is 0.313 e. The molecule has 0 spiro atoms. The van der Waals surface area contributed by atoms with E-state index in [9.17, 15) is 15.0 Å². The van der Waals surface area contributed by atoms with Crippen LogP contribution in [0.25, 0.3) is 0 Å². The average molecular weight is 222 g/mol. The first-order valence-corrected chi connectivity index (χ1v) is 5.40. The topological polar surface area (TPSA) is 57.5 Å². The van der Waals surface area contributed by atoms with Crippen LogP contribution < -0.4 is 0 Å². The third-order valence-electron chi connectivity index (χ3n) is 2.79. The van der Waals surface area contributed by atoms with Crippen LogP contribution in [0.5, 0.6) is 5.75 Å². The van der Waals surface area contributed by atoms with Gasteiger partial charge in [-0.25, -0.2) is 0 Å². The number of phenolic OH excluding ortho intramolecular Hbond substituents is 1. The lowest BCUT2D eigenvalue weighted by molar-refractivity contribution is -0.144. The largest absolute Gasteiger partial charge is 0.508 e. The first-order chi connectivity index (χ1) is 7.38. The number of carbonyl (C=O) groups is 1. The van der Waals surface area contributed by atoms with Crippen molar-refractivity contribution in [2.24, 2.45) is 5.92 Å². The van der Waals surface area contributed by atoms with Crippen molar-refractivity contribution in [3.63, 3.8) is 0 Å². The van der Waals surface area contributed by atoms with E-state index in [1.54, 1.807) is 25.1 Å². The van der Waals surface area contributed by atoms with Crippen LogP contribution in [0.1, 0.15) is 32.8 Å². The number of carboxylic acids is 1. The number of phenols is 1. The molecule has 0 heterocycles. The van der Waals surface area contributed by atoms with E-state index >= 15 is 0 Å². The van der Waals surface area contributed by atoms with Crippen LogP contribution in [0.4, 0.5) is 0 Å². The van der Waals surface area contributed by atoms with Gasteiger partial charge in [0.15, 0.2) is 0 Å². The van der Waals surface area contributed by atoms with Gasteiger partial charge in [0.05, 0.1) is 5.41 Å². The van der Waals surface area contributed by atoms with Crippen LogP contribution in [-0.2, 0) is 10.2 Å². The Morgan fingerprint density at radius 3 is 2.38 bits per heavy atom. The molecule has 1 rings (SSSR count). The van der Waals surface area contributed by atoms with Gasteiger partial charge in [0.25, 0.3) is 0 Å². The maximum absolute atomic E-state index is 11.4. The summed E-state index contributed by atoms with van der Waals surface area (Å²) in [6, 6.07) is 6.63. The highest BCUT2D eigenvalue weighted by Gasteiger charge is 2.37. The second kappa shape index (κ2) is 4.56.